The van der Waals surface area contributed by atoms with Crippen LogP contribution in [-0.2, 0) is 4.79 Å². The van der Waals surface area contributed by atoms with Gasteiger partial charge in [0.2, 0.25) is 0 Å². The van der Waals surface area contributed by atoms with Gasteiger partial charge in [-0.2, -0.15) is 0 Å². The van der Waals surface area contributed by atoms with Crippen LogP contribution in [0.2, 0.25) is 0 Å². The van der Waals surface area contributed by atoms with E-state index in [1.54, 1.807) is 12.1 Å². The zero-order chi connectivity index (χ0) is 20.2. The summed E-state index contributed by atoms with van der Waals surface area (Å²) in [5, 5.41) is 25.5. The van der Waals surface area contributed by atoms with E-state index in [9.17, 15) is 15.0 Å². The molecule has 6 nitrogen and oxygen atoms in total. The monoisotopic (exact) mass is 403 g/mol. The summed E-state index contributed by atoms with van der Waals surface area (Å²) in [6.07, 6.45) is 1.63. The number of carbonyl (C=O) groups is 1. The molecular formula is C22H17N3O3S. The molecule has 3 aromatic carbocycles. The SMILES string of the molecule is O=C1NC(=Nc2ccc(Nc3ccccc3)cc2)S/C1=C\c1ccc(O)c(O)c1. The van der Waals surface area contributed by atoms with E-state index in [0.717, 1.165) is 17.1 Å². The van der Waals surface area contributed by atoms with Gasteiger partial charge in [-0.15, -0.1) is 0 Å². The van der Waals surface area contributed by atoms with Gasteiger partial charge in [0.15, 0.2) is 16.7 Å². The Balaban J connectivity index is 1.47. The molecule has 1 heterocycles. The molecule has 0 atom stereocenters. The quantitative estimate of drug-likeness (QED) is 0.373. The largest absolute Gasteiger partial charge is 0.504 e. The van der Waals surface area contributed by atoms with Gasteiger partial charge >= 0.3 is 0 Å². The Labute approximate surface area is 171 Å². The standard InChI is InChI=1S/C22H17N3O3S/c26-18-11-6-14(12-19(18)27)13-20-21(28)25-22(29-20)24-17-9-7-16(8-10-17)23-15-4-2-1-3-5-15/h1-13,23,26-27H,(H,24,25,28)/b20-13-. The van der Waals surface area contributed by atoms with Crippen molar-refractivity contribution in [2.75, 3.05) is 5.32 Å². The van der Waals surface area contributed by atoms with Crippen LogP contribution in [0.5, 0.6) is 11.5 Å². The van der Waals surface area contributed by atoms with Gasteiger partial charge in [0.05, 0.1) is 10.6 Å². The van der Waals surface area contributed by atoms with Crippen molar-refractivity contribution in [1.29, 1.82) is 0 Å². The molecule has 7 heteroatoms. The van der Waals surface area contributed by atoms with Gasteiger partial charge in [-0.05, 0) is 71.9 Å². The molecule has 0 saturated carbocycles. The van der Waals surface area contributed by atoms with Crippen LogP contribution >= 0.6 is 11.8 Å². The van der Waals surface area contributed by atoms with Crippen LogP contribution in [0.3, 0.4) is 0 Å². The number of aromatic hydroxyl groups is 2. The maximum absolute atomic E-state index is 12.2. The second-order valence-electron chi connectivity index (χ2n) is 6.27. The molecule has 144 valence electrons. The molecule has 0 aromatic heterocycles. The van der Waals surface area contributed by atoms with Gasteiger partial charge < -0.3 is 20.8 Å². The van der Waals surface area contributed by atoms with E-state index >= 15 is 0 Å². The second-order valence-corrected chi connectivity index (χ2v) is 7.30. The number of anilines is 2. The summed E-state index contributed by atoms with van der Waals surface area (Å²) in [5.74, 6) is -0.701. The van der Waals surface area contributed by atoms with Gasteiger partial charge in [0.1, 0.15) is 0 Å². The van der Waals surface area contributed by atoms with Crippen molar-refractivity contribution in [2.45, 2.75) is 0 Å². The zero-order valence-corrected chi connectivity index (χ0v) is 16.0. The van der Waals surface area contributed by atoms with E-state index in [1.807, 2.05) is 54.6 Å². The first-order valence-electron chi connectivity index (χ1n) is 8.80. The van der Waals surface area contributed by atoms with Crippen LogP contribution in [-0.4, -0.2) is 21.3 Å². The number of phenolic OH excluding ortho intramolecular Hbond substituents is 2. The Morgan fingerprint density at radius 1 is 0.897 bits per heavy atom. The van der Waals surface area contributed by atoms with Gasteiger partial charge in [-0.3, -0.25) is 4.79 Å². The molecule has 0 aliphatic carbocycles. The molecular weight excluding hydrogens is 386 g/mol. The van der Waals surface area contributed by atoms with Crippen molar-refractivity contribution >= 4 is 46.0 Å². The molecule has 1 saturated heterocycles. The van der Waals surface area contributed by atoms with E-state index in [4.69, 9.17) is 0 Å². The minimum Gasteiger partial charge on any atom is -0.504 e. The fourth-order valence-corrected chi connectivity index (χ4v) is 3.53. The molecule has 0 unspecified atom stereocenters. The predicted octanol–water partition coefficient (Wildman–Crippen LogP) is 4.73. The third-order valence-corrected chi connectivity index (χ3v) is 5.02. The third kappa shape index (κ3) is 4.59. The summed E-state index contributed by atoms with van der Waals surface area (Å²) in [4.78, 5) is 17.1. The topological polar surface area (TPSA) is 94.0 Å². The molecule has 1 aliphatic rings. The van der Waals surface area contributed by atoms with Crippen molar-refractivity contribution in [3.63, 3.8) is 0 Å². The number of thioether (sulfide) groups is 1. The van der Waals surface area contributed by atoms with E-state index < -0.39 is 0 Å². The highest BCUT2D eigenvalue weighted by Gasteiger charge is 2.23. The summed E-state index contributed by atoms with van der Waals surface area (Å²) in [7, 11) is 0. The smallest absolute Gasteiger partial charge is 0.264 e. The van der Waals surface area contributed by atoms with Gasteiger partial charge in [-0.1, -0.05) is 24.3 Å². The number of aliphatic imine (C=N–C) groups is 1. The molecule has 3 aromatic rings. The normalized spacial score (nSPS) is 16.2. The van der Waals surface area contributed by atoms with Crippen LogP contribution in [0.15, 0.2) is 82.7 Å². The Kier molecular flexibility index (Phi) is 5.22. The highest BCUT2D eigenvalue weighted by Crippen LogP contribution is 2.31. The number of nitrogens with zero attached hydrogens (tertiary/aromatic N) is 1. The van der Waals surface area contributed by atoms with Crippen LogP contribution < -0.4 is 10.6 Å². The molecule has 29 heavy (non-hydrogen) atoms. The predicted molar refractivity (Wildman–Crippen MR) is 117 cm³/mol. The van der Waals surface area contributed by atoms with Crippen molar-refractivity contribution in [2.24, 2.45) is 4.99 Å². The Hall–Kier alpha value is -3.71. The maximum Gasteiger partial charge on any atom is 0.264 e. The summed E-state index contributed by atoms with van der Waals surface area (Å²) in [6, 6.07) is 21.8. The second kappa shape index (κ2) is 8.12. The lowest BCUT2D eigenvalue weighted by Gasteiger charge is -2.06. The number of carbonyl (C=O) groups excluding carboxylic acids is 1. The summed E-state index contributed by atoms with van der Waals surface area (Å²) >= 11 is 1.22. The lowest BCUT2D eigenvalue weighted by molar-refractivity contribution is -0.115. The summed E-state index contributed by atoms with van der Waals surface area (Å²) in [6.45, 7) is 0. The van der Waals surface area contributed by atoms with Gasteiger partial charge in [0, 0.05) is 11.4 Å². The molecule has 1 fully saturated rings. The molecule has 0 spiro atoms. The molecule has 0 radical (unpaired) electrons. The first-order valence-corrected chi connectivity index (χ1v) is 9.62. The average Bonchev–Trinajstić information content (AvgIpc) is 3.06. The van der Waals surface area contributed by atoms with Crippen LogP contribution in [0.4, 0.5) is 17.1 Å². The molecule has 4 N–H and O–H groups in total. The number of hydrogen-bond acceptors (Lipinski definition) is 6. The highest BCUT2D eigenvalue weighted by molar-refractivity contribution is 8.18. The molecule has 1 aliphatic heterocycles. The average molecular weight is 403 g/mol. The van der Waals surface area contributed by atoms with Crippen LogP contribution in [0.25, 0.3) is 6.08 Å². The minimum atomic E-state index is -0.260. The van der Waals surface area contributed by atoms with E-state index in [2.05, 4.69) is 15.6 Å². The number of phenols is 2. The molecule has 4 rings (SSSR count). The molecule has 0 bridgehead atoms. The van der Waals surface area contributed by atoms with Crippen molar-refractivity contribution in [3.8, 4) is 11.5 Å². The van der Waals surface area contributed by atoms with Crippen molar-refractivity contribution < 1.29 is 15.0 Å². The lowest BCUT2D eigenvalue weighted by Crippen LogP contribution is -2.19. The van der Waals surface area contributed by atoms with E-state index in [1.165, 1.54) is 23.9 Å². The van der Waals surface area contributed by atoms with E-state index in [0.29, 0.717) is 15.6 Å². The first kappa shape index (κ1) is 18.6. The minimum absolute atomic E-state index is 0.205. The Bertz CT molecular complexity index is 1110. The maximum atomic E-state index is 12.2. The van der Waals surface area contributed by atoms with Crippen molar-refractivity contribution in [1.82, 2.24) is 5.32 Å². The number of nitrogens with one attached hydrogen (secondary N) is 2. The third-order valence-electron chi connectivity index (χ3n) is 4.11. The summed E-state index contributed by atoms with van der Waals surface area (Å²) in [5.41, 5.74) is 3.27. The van der Waals surface area contributed by atoms with Crippen molar-refractivity contribution in [3.05, 3.63) is 83.3 Å². The first-order chi connectivity index (χ1) is 14.1. The Morgan fingerprint density at radius 3 is 2.34 bits per heavy atom. The number of rotatable bonds is 4. The van der Waals surface area contributed by atoms with E-state index in [-0.39, 0.29) is 17.4 Å². The highest BCUT2D eigenvalue weighted by atomic mass is 32.2. The molecule has 1 amide bonds. The fourth-order valence-electron chi connectivity index (χ4n) is 2.69. The number of amides is 1. The number of hydrogen-bond donors (Lipinski definition) is 4. The number of amidine groups is 1. The number of benzene rings is 3. The van der Waals surface area contributed by atoms with Crippen LogP contribution in [0, 0.1) is 0 Å². The lowest BCUT2D eigenvalue weighted by atomic mass is 10.2. The Morgan fingerprint density at radius 2 is 1.62 bits per heavy atom. The van der Waals surface area contributed by atoms with Gasteiger partial charge in [0.25, 0.3) is 5.91 Å². The summed E-state index contributed by atoms with van der Waals surface area (Å²) < 4.78 is 0. The number of para-hydroxylation sites is 1. The van der Waals surface area contributed by atoms with Crippen LogP contribution in [0.1, 0.15) is 5.56 Å². The fraction of sp³-hybridized carbons (Fsp3) is 0. The van der Waals surface area contributed by atoms with Gasteiger partial charge in [-0.25, -0.2) is 4.99 Å². The zero-order valence-electron chi connectivity index (χ0n) is 15.2.